The number of Topliss-reactive ketones (excluding diaryl/α,β-unsaturated/α-hetero) is 1. The van der Waals surface area contributed by atoms with E-state index in [9.17, 15) is 24.0 Å². The maximum atomic E-state index is 12.1. The van der Waals surface area contributed by atoms with Crippen LogP contribution in [-0.2, 0) is 19.1 Å². The highest BCUT2D eigenvalue weighted by atomic mass is 32.1. The molecule has 0 saturated heterocycles. The summed E-state index contributed by atoms with van der Waals surface area (Å²) in [5, 5.41) is 4.68. The lowest BCUT2D eigenvalue weighted by molar-refractivity contribution is -0.148. The zero-order chi connectivity index (χ0) is 20.7. The highest BCUT2D eigenvalue weighted by molar-refractivity contribution is 7.18. The molecule has 3 amide bonds. The van der Waals surface area contributed by atoms with Crippen LogP contribution in [0.1, 0.15) is 46.4 Å². The van der Waals surface area contributed by atoms with Gasteiger partial charge < -0.3 is 25.8 Å². The molecular formula is C16H21N3O7S. The zero-order valence-corrected chi connectivity index (χ0v) is 16.2. The van der Waals surface area contributed by atoms with Crippen LogP contribution >= 0.6 is 11.3 Å². The van der Waals surface area contributed by atoms with Gasteiger partial charge in [-0.2, -0.15) is 0 Å². The molecule has 0 spiro atoms. The molecule has 4 N–H and O–H groups in total. The van der Waals surface area contributed by atoms with Crippen LogP contribution in [0.25, 0.3) is 0 Å². The van der Waals surface area contributed by atoms with E-state index in [1.165, 1.54) is 13.8 Å². The molecule has 0 aliphatic carbocycles. The van der Waals surface area contributed by atoms with Crippen molar-refractivity contribution in [1.82, 2.24) is 5.32 Å². The van der Waals surface area contributed by atoms with Crippen molar-refractivity contribution in [2.75, 3.05) is 18.5 Å². The number of rotatable bonds is 8. The molecule has 0 aliphatic heterocycles. The van der Waals surface area contributed by atoms with Crippen LogP contribution < -0.4 is 16.4 Å². The first kappa shape index (κ1) is 22.1. The summed E-state index contributed by atoms with van der Waals surface area (Å²) in [6.07, 6.45) is 0. The Hall–Kier alpha value is -2.95. The molecule has 0 saturated carbocycles. The number of carbonyl (C=O) groups is 5. The number of amides is 3. The average Bonchev–Trinajstić information content (AvgIpc) is 2.88. The number of hydrogen-bond donors (Lipinski definition) is 3. The number of urea groups is 1. The molecule has 1 aromatic heterocycles. The molecule has 0 fully saturated rings. The van der Waals surface area contributed by atoms with Gasteiger partial charge in [-0.3, -0.25) is 9.59 Å². The Morgan fingerprint density at radius 3 is 2.33 bits per heavy atom. The Morgan fingerprint density at radius 1 is 1.19 bits per heavy atom. The molecule has 148 valence electrons. The number of ketones is 1. The fraction of sp³-hybridized carbons (Fsp3) is 0.438. The molecule has 0 bridgehead atoms. The van der Waals surface area contributed by atoms with Gasteiger partial charge in [-0.1, -0.05) is 0 Å². The van der Waals surface area contributed by atoms with Crippen molar-refractivity contribution >= 4 is 46.0 Å². The number of carbonyl (C=O) groups excluding carboxylic acids is 5. The average molecular weight is 399 g/mol. The minimum Gasteiger partial charge on any atom is -0.462 e. The standard InChI is InChI=1S/C16H21N3O7S/c1-5-25-15(23)11-7(2)12(9(4)20)27-13(11)19-10(21)6-26-14(22)8(3)18-16(17)24/h8H,5-6H2,1-4H3,(H,19,21)(H3,17,18,24)/t8-/m1/s1. The second-order valence-electron chi connectivity index (χ2n) is 5.42. The molecule has 1 heterocycles. The van der Waals surface area contributed by atoms with Crippen molar-refractivity contribution in [2.24, 2.45) is 5.73 Å². The largest absolute Gasteiger partial charge is 0.462 e. The third-order valence-electron chi connectivity index (χ3n) is 3.26. The second kappa shape index (κ2) is 9.67. The van der Waals surface area contributed by atoms with E-state index >= 15 is 0 Å². The minimum absolute atomic E-state index is 0.0792. The molecule has 0 aliphatic rings. The van der Waals surface area contributed by atoms with Crippen LogP contribution in [0.3, 0.4) is 0 Å². The highest BCUT2D eigenvalue weighted by Crippen LogP contribution is 2.34. The summed E-state index contributed by atoms with van der Waals surface area (Å²) < 4.78 is 9.73. The van der Waals surface area contributed by atoms with Crippen molar-refractivity contribution in [2.45, 2.75) is 33.7 Å². The first-order valence-electron chi connectivity index (χ1n) is 7.92. The Kier molecular flexibility index (Phi) is 7.91. The van der Waals surface area contributed by atoms with E-state index in [-0.39, 0.29) is 23.0 Å². The van der Waals surface area contributed by atoms with Crippen molar-refractivity contribution in [3.05, 3.63) is 16.0 Å². The molecule has 27 heavy (non-hydrogen) atoms. The fourth-order valence-corrected chi connectivity index (χ4v) is 3.19. The van der Waals surface area contributed by atoms with Gasteiger partial charge >= 0.3 is 18.0 Å². The Bertz CT molecular complexity index is 772. The van der Waals surface area contributed by atoms with E-state index in [1.54, 1.807) is 13.8 Å². The Balaban J connectivity index is 2.88. The SMILES string of the molecule is CCOC(=O)c1c(NC(=O)COC(=O)[C@@H](C)NC(N)=O)sc(C(C)=O)c1C. The summed E-state index contributed by atoms with van der Waals surface area (Å²) in [6, 6.07) is -1.94. The molecule has 0 aromatic carbocycles. The summed E-state index contributed by atoms with van der Waals surface area (Å²) in [5.41, 5.74) is 5.37. The third kappa shape index (κ3) is 6.06. The summed E-state index contributed by atoms with van der Waals surface area (Å²) in [7, 11) is 0. The van der Waals surface area contributed by atoms with E-state index in [0.717, 1.165) is 11.3 Å². The second-order valence-corrected chi connectivity index (χ2v) is 6.44. The smallest absolute Gasteiger partial charge is 0.341 e. The number of ether oxygens (including phenoxy) is 2. The number of nitrogens with two attached hydrogens (primary N) is 1. The van der Waals surface area contributed by atoms with Crippen molar-refractivity contribution in [3.8, 4) is 0 Å². The van der Waals surface area contributed by atoms with Gasteiger partial charge in [0.05, 0.1) is 17.0 Å². The molecule has 1 atom stereocenters. The van der Waals surface area contributed by atoms with Crippen LogP contribution in [0.15, 0.2) is 0 Å². The maximum Gasteiger partial charge on any atom is 0.341 e. The minimum atomic E-state index is -1.03. The van der Waals surface area contributed by atoms with Gasteiger partial charge in [0.15, 0.2) is 12.4 Å². The molecule has 1 rings (SSSR count). The molecule has 0 radical (unpaired) electrons. The van der Waals surface area contributed by atoms with Gasteiger partial charge in [-0.15, -0.1) is 11.3 Å². The summed E-state index contributed by atoms with van der Waals surface area (Å²) in [5.74, 6) is -2.52. The number of hydrogen-bond acceptors (Lipinski definition) is 8. The normalized spacial score (nSPS) is 11.3. The van der Waals surface area contributed by atoms with E-state index < -0.39 is 36.5 Å². The van der Waals surface area contributed by atoms with E-state index in [4.69, 9.17) is 15.2 Å². The fourth-order valence-electron chi connectivity index (χ4n) is 2.08. The van der Waals surface area contributed by atoms with Gasteiger partial charge in [0.1, 0.15) is 11.0 Å². The van der Waals surface area contributed by atoms with Gasteiger partial charge in [-0.05, 0) is 33.3 Å². The number of primary amides is 1. The Morgan fingerprint density at radius 2 is 1.81 bits per heavy atom. The van der Waals surface area contributed by atoms with Crippen LogP contribution in [0.4, 0.5) is 9.80 Å². The summed E-state index contributed by atoms with van der Waals surface area (Å²) in [6.45, 7) is 5.36. The molecule has 1 aromatic rings. The zero-order valence-electron chi connectivity index (χ0n) is 15.3. The number of nitrogens with one attached hydrogen (secondary N) is 2. The lowest BCUT2D eigenvalue weighted by atomic mass is 10.1. The van der Waals surface area contributed by atoms with Crippen LogP contribution in [0.2, 0.25) is 0 Å². The van der Waals surface area contributed by atoms with Gasteiger partial charge in [0.2, 0.25) is 0 Å². The number of esters is 2. The molecule has 11 heteroatoms. The highest BCUT2D eigenvalue weighted by Gasteiger charge is 2.25. The number of thiophene rings is 1. The van der Waals surface area contributed by atoms with Crippen LogP contribution in [0.5, 0.6) is 0 Å². The van der Waals surface area contributed by atoms with E-state index in [0.29, 0.717) is 10.4 Å². The van der Waals surface area contributed by atoms with E-state index in [2.05, 4.69) is 10.6 Å². The topological polar surface area (TPSA) is 154 Å². The monoisotopic (exact) mass is 399 g/mol. The number of anilines is 1. The van der Waals surface area contributed by atoms with Crippen molar-refractivity contribution in [3.63, 3.8) is 0 Å². The Labute approximate surface area is 159 Å². The van der Waals surface area contributed by atoms with Gasteiger partial charge in [0, 0.05) is 0 Å². The first-order chi connectivity index (χ1) is 12.6. The van der Waals surface area contributed by atoms with Crippen LogP contribution in [-0.4, -0.2) is 48.9 Å². The summed E-state index contributed by atoms with van der Waals surface area (Å²) in [4.78, 5) is 58.6. The van der Waals surface area contributed by atoms with Crippen molar-refractivity contribution in [1.29, 1.82) is 0 Å². The molecular weight excluding hydrogens is 378 g/mol. The predicted molar refractivity (Wildman–Crippen MR) is 96.8 cm³/mol. The predicted octanol–water partition coefficient (Wildman–Crippen LogP) is 0.974. The van der Waals surface area contributed by atoms with Gasteiger partial charge in [0.25, 0.3) is 5.91 Å². The first-order valence-corrected chi connectivity index (χ1v) is 8.74. The molecule has 0 unspecified atom stereocenters. The van der Waals surface area contributed by atoms with Crippen molar-refractivity contribution < 1.29 is 33.4 Å². The lowest BCUT2D eigenvalue weighted by Gasteiger charge is -2.11. The van der Waals surface area contributed by atoms with E-state index in [1.807, 2.05) is 0 Å². The maximum absolute atomic E-state index is 12.1. The lowest BCUT2D eigenvalue weighted by Crippen LogP contribution is -2.43. The summed E-state index contributed by atoms with van der Waals surface area (Å²) >= 11 is 0.929. The molecule has 10 nitrogen and oxygen atoms in total. The third-order valence-corrected chi connectivity index (χ3v) is 4.56. The van der Waals surface area contributed by atoms with Crippen LogP contribution in [0, 0.1) is 6.92 Å². The van der Waals surface area contributed by atoms with Gasteiger partial charge in [-0.25, -0.2) is 14.4 Å². The quantitative estimate of drug-likeness (QED) is 0.435.